The lowest BCUT2D eigenvalue weighted by Crippen LogP contribution is -2.39. The molecule has 0 aliphatic carbocycles. The highest BCUT2D eigenvalue weighted by Gasteiger charge is 2.24. The fourth-order valence-corrected chi connectivity index (χ4v) is 5.45. The Morgan fingerprint density at radius 1 is 1.30 bits per heavy atom. The number of nitrogens with two attached hydrogens (primary N) is 1. The molecule has 1 atom stereocenters. The van der Waals surface area contributed by atoms with Crippen molar-refractivity contribution in [1.82, 2.24) is 4.72 Å². The first-order valence-corrected chi connectivity index (χ1v) is 8.90. The third-order valence-electron chi connectivity index (χ3n) is 2.68. The van der Waals surface area contributed by atoms with Crippen molar-refractivity contribution in [3.05, 3.63) is 21.1 Å². The number of nitrogen functional groups attached to an aromatic ring is 1. The van der Waals surface area contributed by atoms with Gasteiger partial charge < -0.3 is 15.2 Å². The smallest absolute Gasteiger partial charge is 0.242 e. The van der Waals surface area contributed by atoms with E-state index in [1.54, 1.807) is 12.1 Å². The van der Waals surface area contributed by atoms with E-state index in [-0.39, 0.29) is 17.5 Å². The zero-order valence-corrected chi connectivity index (χ0v) is 14.4. The minimum atomic E-state index is -3.67. The maximum atomic E-state index is 12.3. The molecule has 0 saturated carbocycles. The highest BCUT2D eigenvalue weighted by atomic mass is 79.9. The zero-order chi connectivity index (χ0) is 14.8. The normalized spacial score (nSPS) is 20.0. The monoisotopic (exact) mass is 428 g/mol. The molecule has 0 radical (unpaired) electrons. The summed E-state index contributed by atoms with van der Waals surface area (Å²) in [6.07, 6.45) is -0.273. The van der Waals surface area contributed by atoms with Crippen LogP contribution >= 0.6 is 31.9 Å². The van der Waals surface area contributed by atoms with E-state index in [2.05, 4.69) is 36.6 Å². The second-order valence-electron chi connectivity index (χ2n) is 4.23. The van der Waals surface area contributed by atoms with Gasteiger partial charge in [-0.15, -0.1) is 0 Å². The topological polar surface area (TPSA) is 90.7 Å². The molecule has 20 heavy (non-hydrogen) atoms. The summed E-state index contributed by atoms with van der Waals surface area (Å²) in [6, 6.07) is 3.08. The molecule has 2 rings (SSSR count). The first-order valence-electron chi connectivity index (χ1n) is 5.83. The van der Waals surface area contributed by atoms with Gasteiger partial charge in [-0.2, -0.15) is 0 Å². The molecule has 1 saturated heterocycles. The first kappa shape index (κ1) is 16.2. The molecular weight excluding hydrogens is 416 g/mol. The summed E-state index contributed by atoms with van der Waals surface area (Å²) in [6.45, 7) is 1.55. The molecule has 1 aromatic rings. The maximum absolute atomic E-state index is 12.3. The Morgan fingerprint density at radius 2 is 1.95 bits per heavy atom. The Bertz CT molecular complexity index is 565. The number of benzene rings is 1. The van der Waals surface area contributed by atoms with Crippen LogP contribution < -0.4 is 10.5 Å². The van der Waals surface area contributed by atoms with Gasteiger partial charge in [-0.05, 0) is 44.0 Å². The summed E-state index contributed by atoms with van der Waals surface area (Å²) in [5, 5.41) is 0. The summed E-state index contributed by atoms with van der Waals surface area (Å²) in [5.74, 6) is 0. The van der Waals surface area contributed by atoms with E-state index in [0.29, 0.717) is 34.5 Å². The zero-order valence-electron chi connectivity index (χ0n) is 10.4. The second-order valence-corrected chi connectivity index (χ2v) is 7.65. The van der Waals surface area contributed by atoms with Gasteiger partial charge in [0.05, 0.1) is 25.9 Å². The van der Waals surface area contributed by atoms with Crippen LogP contribution in [0.1, 0.15) is 0 Å². The summed E-state index contributed by atoms with van der Waals surface area (Å²) in [4.78, 5) is 0.114. The number of ether oxygens (including phenoxy) is 2. The quantitative estimate of drug-likeness (QED) is 0.707. The van der Waals surface area contributed by atoms with E-state index in [4.69, 9.17) is 15.2 Å². The molecule has 0 spiro atoms. The summed E-state index contributed by atoms with van der Waals surface area (Å²) >= 11 is 6.43. The van der Waals surface area contributed by atoms with Gasteiger partial charge in [0.25, 0.3) is 0 Å². The molecule has 9 heteroatoms. The number of sulfonamides is 1. The summed E-state index contributed by atoms with van der Waals surface area (Å²) in [5.41, 5.74) is 6.12. The average Bonchev–Trinajstić information content (AvgIpc) is 2.36. The Labute approximate surface area is 134 Å². The standard InChI is InChI=1S/C11H14Br2N2O4S/c12-9-3-7(14)4-10(13)11(9)20(16,17)15-5-8-6-18-1-2-19-8/h3-4,8,15H,1-2,5-6,14H2. The molecular formula is C11H14Br2N2O4S. The fourth-order valence-electron chi connectivity index (χ4n) is 1.77. The van der Waals surface area contributed by atoms with Crippen LogP contribution in [0.15, 0.2) is 26.0 Å². The number of rotatable bonds is 4. The lowest BCUT2D eigenvalue weighted by atomic mass is 10.3. The van der Waals surface area contributed by atoms with Crippen LogP contribution in [-0.2, 0) is 19.5 Å². The van der Waals surface area contributed by atoms with Crippen LogP contribution in [0.4, 0.5) is 5.69 Å². The van der Waals surface area contributed by atoms with Crippen LogP contribution in [-0.4, -0.2) is 40.9 Å². The van der Waals surface area contributed by atoms with Crippen molar-refractivity contribution in [3.63, 3.8) is 0 Å². The molecule has 1 heterocycles. The van der Waals surface area contributed by atoms with Crippen molar-refractivity contribution in [2.75, 3.05) is 32.1 Å². The van der Waals surface area contributed by atoms with Crippen LogP contribution in [0.2, 0.25) is 0 Å². The van der Waals surface area contributed by atoms with Gasteiger partial charge in [0.1, 0.15) is 4.90 Å². The minimum absolute atomic E-state index is 0.114. The van der Waals surface area contributed by atoms with Gasteiger partial charge in [0, 0.05) is 21.2 Å². The second kappa shape index (κ2) is 6.71. The van der Waals surface area contributed by atoms with Crippen molar-refractivity contribution in [2.45, 2.75) is 11.0 Å². The maximum Gasteiger partial charge on any atom is 0.242 e. The van der Waals surface area contributed by atoms with Gasteiger partial charge >= 0.3 is 0 Å². The van der Waals surface area contributed by atoms with Crippen molar-refractivity contribution < 1.29 is 17.9 Å². The molecule has 0 bridgehead atoms. The number of nitrogens with one attached hydrogen (secondary N) is 1. The number of hydrogen-bond acceptors (Lipinski definition) is 5. The number of halogens is 2. The van der Waals surface area contributed by atoms with Crippen LogP contribution in [0.5, 0.6) is 0 Å². The van der Waals surface area contributed by atoms with Crippen LogP contribution in [0, 0.1) is 0 Å². The molecule has 1 aromatic carbocycles. The summed E-state index contributed by atoms with van der Waals surface area (Å²) < 4.78 is 38.6. The van der Waals surface area contributed by atoms with Gasteiger partial charge in [-0.3, -0.25) is 0 Å². The van der Waals surface area contributed by atoms with Gasteiger partial charge in [0.15, 0.2) is 0 Å². The molecule has 0 aromatic heterocycles. The highest BCUT2D eigenvalue weighted by molar-refractivity contribution is 9.11. The average molecular weight is 430 g/mol. The van der Waals surface area contributed by atoms with E-state index in [1.807, 2.05) is 0 Å². The molecule has 1 aliphatic rings. The van der Waals surface area contributed by atoms with Crippen LogP contribution in [0.25, 0.3) is 0 Å². The van der Waals surface area contributed by atoms with Gasteiger partial charge in [-0.25, -0.2) is 13.1 Å². The molecule has 1 unspecified atom stereocenters. The summed E-state index contributed by atoms with van der Waals surface area (Å²) in [7, 11) is -3.67. The van der Waals surface area contributed by atoms with E-state index in [1.165, 1.54) is 0 Å². The largest absolute Gasteiger partial charge is 0.399 e. The Morgan fingerprint density at radius 3 is 2.50 bits per heavy atom. The Balaban J connectivity index is 2.14. The third-order valence-corrected chi connectivity index (χ3v) is 5.98. The van der Waals surface area contributed by atoms with Crippen molar-refractivity contribution >= 4 is 47.6 Å². The lowest BCUT2D eigenvalue weighted by Gasteiger charge is -2.23. The Kier molecular flexibility index (Phi) is 5.43. The SMILES string of the molecule is Nc1cc(Br)c(S(=O)(=O)NCC2COCCO2)c(Br)c1. The molecule has 3 N–H and O–H groups in total. The molecule has 0 amide bonds. The van der Waals surface area contributed by atoms with Gasteiger partial charge in [-0.1, -0.05) is 0 Å². The fraction of sp³-hybridized carbons (Fsp3) is 0.455. The first-order chi connectivity index (χ1) is 9.40. The highest BCUT2D eigenvalue weighted by Crippen LogP contribution is 2.32. The van der Waals surface area contributed by atoms with Gasteiger partial charge in [0.2, 0.25) is 10.0 Å². The number of hydrogen-bond donors (Lipinski definition) is 2. The predicted octanol–water partition coefficient (Wildman–Crippen LogP) is 1.49. The molecule has 6 nitrogen and oxygen atoms in total. The molecule has 1 aliphatic heterocycles. The Hall–Kier alpha value is -0.190. The van der Waals surface area contributed by atoms with Crippen molar-refractivity contribution in [3.8, 4) is 0 Å². The van der Waals surface area contributed by atoms with Crippen molar-refractivity contribution in [2.24, 2.45) is 0 Å². The third kappa shape index (κ3) is 3.92. The molecule has 112 valence electrons. The minimum Gasteiger partial charge on any atom is -0.399 e. The van der Waals surface area contributed by atoms with E-state index in [9.17, 15) is 8.42 Å². The van der Waals surface area contributed by atoms with Crippen LogP contribution in [0.3, 0.4) is 0 Å². The predicted molar refractivity (Wildman–Crippen MR) is 82.0 cm³/mol. The molecule has 1 fully saturated rings. The lowest BCUT2D eigenvalue weighted by molar-refractivity contribution is -0.0846. The number of anilines is 1. The van der Waals surface area contributed by atoms with E-state index < -0.39 is 10.0 Å². The van der Waals surface area contributed by atoms with E-state index in [0.717, 1.165) is 0 Å². The van der Waals surface area contributed by atoms with Crippen molar-refractivity contribution in [1.29, 1.82) is 0 Å². The van der Waals surface area contributed by atoms with E-state index >= 15 is 0 Å².